The molecule has 2 heterocycles. The molecule has 0 aliphatic carbocycles. The molecule has 0 aliphatic rings. The number of benzene rings is 1. The van der Waals surface area contributed by atoms with Crippen molar-refractivity contribution in [3.63, 3.8) is 0 Å². The maximum atomic E-state index is 4.48. The van der Waals surface area contributed by atoms with E-state index >= 15 is 0 Å². The van der Waals surface area contributed by atoms with Crippen molar-refractivity contribution in [3.8, 4) is 0 Å². The third-order valence-corrected chi connectivity index (χ3v) is 4.39. The fraction of sp³-hybridized carbons (Fsp3) is 0.300. The maximum Gasteiger partial charge on any atom is 0.0705 e. The molecule has 0 saturated carbocycles. The van der Waals surface area contributed by atoms with E-state index in [1.165, 1.54) is 16.5 Å². The molecule has 0 radical (unpaired) electrons. The fourth-order valence-electron chi connectivity index (χ4n) is 2.89. The summed E-state index contributed by atoms with van der Waals surface area (Å²) in [6.07, 6.45) is 4.76. The molecule has 0 fully saturated rings. The summed E-state index contributed by atoms with van der Waals surface area (Å²) in [4.78, 5) is 11.3. The Kier molecular flexibility index (Phi) is 4.68. The van der Waals surface area contributed by atoms with E-state index in [-0.39, 0.29) is 0 Å². The second-order valence-corrected chi connectivity index (χ2v) is 6.28. The van der Waals surface area contributed by atoms with E-state index in [4.69, 9.17) is 0 Å². The Bertz CT molecular complexity index is 792. The monoisotopic (exact) mass is 305 g/mol. The van der Waals surface area contributed by atoms with E-state index in [0.717, 1.165) is 24.2 Å². The Morgan fingerprint density at radius 2 is 1.83 bits per heavy atom. The second kappa shape index (κ2) is 6.88. The number of hydrogen-bond donors (Lipinski definition) is 0. The minimum Gasteiger partial charge on any atom is -0.299 e. The zero-order valence-corrected chi connectivity index (χ0v) is 14.0. The van der Waals surface area contributed by atoms with E-state index in [2.05, 4.69) is 66.1 Å². The number of nitrogens with zero attached hydrogens (tertiary/aromatic N) is 3. The number of pyridine rings is 2. The van der Waals surface area contributed by atoms with Crippen LogP contribution in [0.15, 0.2) is 54.9 Å². The van der Waals surface area contributed by atoms with Crippen LogP contribution in [0.4, 0.5) is 0 Å². The zero-order chi connectivity index (χ0) is 16.2. The molecule has 0 amide bonds. The highest BCUT2D eigenvalue weighted by Gasteiger charge is 2.13. The predicted molar refractivity (Wildman–Crippen MR) is 95.4 cm³/mol. The van der Waals surface area contributed by atoms with Gasteiger partial charge in [-0.3, -0.25) is 14.9 Å². The molecule has 3 nitrogen and oxygen atoms in total. The summed E-state index contributed by atoms with van der Waals surface area (Å²) in [5.74, 6) is 0. The summed E-state index contributed by atoms with van der Waals surface area (Å²) in [7, 11) is 2.18. The van der Waals surface area contributed by atoms with Crippen LogP contribution in [0, 0.1) is 6.92 Å². The standard InChI is InChI=1S/C20H23N3/c1-15-8-10-21-18(12-15)13-16(2)23(3)14-17-9-11-22-20-7-5-4-6-19(17)20/h4-12,16H,13-14H2,1-3H3. The summed E-state index contributed by atoms with van der Waals surface area (Å²) in [6, 6.07) is 15.1. The molecule has 0 aliphatic heterocycles. The van der Waals surface area contributed by atoms with Crippen LogP contribution < -0.4 is 0 Å². The molecule has 118 valence electrons. The van der Waals surface area contributed by atoms with Gasteiger partial charge in [0, 0.05) is 42.5 Å². The smallest absolute Gasteiger partial charge is 0.0705 e. The summed E-state index contributed by atoms with van der Waals surface area (Å²) >= 11 is 0. The predicted octanol–water partition coefficient (Wildman–Crippen LogP) is 4.00. The van der Waals surface area contributed by atoms with Crippen molar-refractivity contribution in [3.05, 3.63) is 71.7 Å². The number of aryl methyl sites for hydroxylation is 1. The molecular weight excluding hydrogens is 282 g/mol. The van der Waals surface area contributed by atoms with E-state index in [1.807, 2.05) is 24.5 Å². The van der Waals surface area contributed by atoms with Crippen LogP contribution in [0.25, 0.3) is 10.9 Å². The molecule has 0 spiro atoms. The SMILES string of the molecule is Cc1ccnc(CC(C)N(C)Cc2ccnc3ccccc23)c1. The van der Waals surface area contributed by atoms with Crippen molar-refractivity contribution in [2.24, 2.45) is 0 Å². The van der Waals surface area contributed by atoms with E-state index < -0.39 is 0 Å². The van der Waals surface area contributed by atoms with Gasteiger partial charge in [-0.05, 0) is 56.3 Å². The number of hydrogen-bond acceptors (Lipinski definition) is 3. The molecule has 0 N–H and O–H groups in total. The first-order chi connectivity index (χ1) is 11.1. The molecular formula is C20H23N3. The van der Waals surface area contributed by atoms with Gasteiger partial charge in [0.05, 0.1) is 5.52 Å². The highest BCUT2D eigenvalue weighted by molar-refractivity contribution is 5.81. The molecule has 1 atom stereocenters. The number of fused-ring (bicyclic) bond motifs is 1. The number of aromatic nitrogens is 2. The maximum absolute atomic E-state index is 4.48. The summed E-state index contributed by atoms with van der Waals surface area (Å²) in [5.41, 5.74) is 4.81. The lowest BCUT2D eigenvalue weighted by Gasteiger charge is -2.25. The van der Waals surface area contributed by atoms with Crippen molar-refractivity contribution in [1.29, 1.82) is 0 Å². The average molecular weight is 305 g/mol. The first-order valence-corrected chi connectivity index (χ1v) is 8.08. The van der Waals surface area contributed by atoms with Crippen LogP contribution in [-0.2, 0) is 13.0 Å². The molecule has 3 aromatic rings. The lowest BCUT2D eigenvalue weighted by Crippen LogP contribution is -2.30. The largest absolute Gasteiger partial charge is 0.299 e. The lowest BCUT2D eigenvalue weighted by atomic mass is 10.1. The minimum absolute atomic E-state index is 0.427. The van der Waals surface area contributed by atoms with Gasteiger partial charge in [0.2, 0.25) is 0 Å². The van der Waals surface area contributed by atoms with Gasteiger partial charge in [-0.25, -0.2) is 0 Å². The van der Waals surface area contributed by atoms with E-state index in [9.17, 15) is 0 Å². The average Bonchev–Trinajstić information content (AvgIpc) is 2.55. The normalized spacial score (nSPS) is 12.7. The van der Waals surface area contributed by atoms with Crippen LogP contribution in [0.1, 0.15) is 23.7 Å². The Morgan fingerprint density at radius 3 is 2.65 bits per heavy atom. The molecule has 3 rings (SSSR count). The van der Waals surface area contributed by atoms with Gasteiger partial charge < -0.3 is 0 Å². The fourth-order valence-corrected chi connectivity index (χ4v) is 2.89. The topological polar surface area (TPSA) is 29.0 Å². The van der Waals surface area contributed by atoms with Crippen LogP contribution in [0.5, 0.6) is 0 Å². The van der Waals surface area contributed by atoms with Gasteiger partial charge >= 0.3 is 0 Å². The quantitative estimate of drug-likeness (QED) is 0.713. The molecule has 2 aromatic heterocycles. The Labute approximate surface area is 138 Å². The highest BCUT2D eigenvalue weighted by atomic mass is 15.1. The Hall–Kier alpha value is -2.26. The number of para-hydroxylation sites is 1. The van der Waals surface area contributed by atoms with Gasteiger partial charge in [-0.2, -0.15) is 0 Å². The summed E-state index contributed by atoms with van der Waals surface area (Å²) in [5, 5.41) is 1.24. The molecule has 1 aromatic carbocycles. The first-order valence-electron chi connectivity index (χ1n) is 8.08. The molecule has 0 bridgehead atoms. The van der Waals surface area contributed by atoms with E-state index in [1.54, 1.807) is 0 Å². The Morgan fingerprint density at radius 1 is 1.04 bits per heavy atom. The summed E-state index contributed by atoms with van der Waals surface area (Å²) < 4.78 is 0. The van der Waals surface area contributed by atoms with Crippen LogP contribution >= 0.6 is 0 Å². The second-order valence-electron chi connectivity index (χ2n) is 6.28. The molecule has 3 heteroatoms. The van der Waals surface area contributed by atoms with Crippen molar-refractivity contribution >= 4 is 10.9 Å². The molecule has 1 unspecified atom stereocenters. The highest BCUT2D eigenvalue weighted by Crippen LogP contribution is 2.19. The Balaban J connectivity index is 1.74. The molecule has 23 heavy (non-hydrogen) atoms. The van der Waals surface area contributed by atoms with Crippen molar-refractivity contribution in [1.82, 2.24) is 14.9 Å². The van der Waals surface area contributed by atoms with Gasteiger partial charge in [-0.1, -0.05) is 18.2 Å². The van der Waals surface area contributed by atoms with Crippen molar-refractivity contribution in [2.75, 3.05) is 7.05 Å². The molecule has 0 saturated heterocycles. The third-order valence-electron chi connectivity index (χ3n) is 4.39. The van der Waals surface area contributed by atoms with Gasteiger partial charge in [0.1, 0.15) is 0 Å². The first kappa shape index (κ1) is 15.6. The van der Waals surface area contributed by atoms with Crippen LogP contribution in [0.3, 0.4) is 0 Å². The van der Waals surface area contributed by atoms with Crippen molar-refractivity contribution < 1.29 is 0 Å². The van der Waals surface area contributed by atoms with E-state index in [0.29, 0.717) is 6.04 Å². The van der Waals surface area contributed by atoms with Gasteiger partial charge in [0.15, 0.2) is 0 Å². The summed E-state index contributed by atoms with van der Waals surface area (Å²) in [6.45, 7) is 5.28. The van der Waals surface area contributed by atoms with Crippen LogP contribution in [0.2, 0.25) is 0 Å². The minimum atomic E-state index is 0.427. The zero-order valence-electron chi connectivity index (χ0n) is 14.0. The van der Waals surface area contributed by atoms with Gasteiger partial charge in [0.25, 0.3) is 0 Å². The third kappa shape index (κ3) is 3.74. The van der Waals surface area contributed by atoms with Crippen molar-refractivity contribution in [2.45, 2.75) is 32.9 Å². The number of likely N-dealkylation sites (N-methyl/N-ethyl adjacent to an activating group) is 1. The lowest BCUT2D eigenvalue weighted by molar-refractivity contribution is 0.247. The number of rotatable bonds is 5. The van der Waals surface area contributed by atoms with Gasteiger partial charge in [-0.15, -0.1) is 0 Å². The van der Waals surface area contributed by atoms with Crippen LogP contribution in [-0.4, -0.2) is 28.0 Å².